The molecule has 1 amide bonds. The summed E-state index contributed by atoms with van der Waals surface area (Å²) in [5.74, 6) is 0.722. The molecule has 0 spiro atoms. The molecule has 0 N–H and O–H groups in total. The van der Waals surface area contributed by atoms with Crippen LogP contribution in [0.4, 0.5) is 5.69 Å². The monoisotopic (exact) mass is 352 g/mol. The molecule has 1 fully saturated rings. The van der Waals surface area contributed by atoms with E-state index in [2.05, 4.69) is 4.99 Å². The Morgan fingerprint density at radius 2 is 1.88 bits per heavy atom. The van der Waals surface area contributed by atoms with Gasteiger partial charge in [-0.25, -0.2) is 4.99 Å². The van der Waals surface area contributed by atoms with Crippen LogP contribution < -0.4 is 4.74 Å². The molecule has 0 bridgehead atoms. The largest absolute Gasteiger partial charge is 0.496 e. The van der Waals surface area contributed by atoms with Gasteiger partial charge >= 0.3 is 0 Å². The van der Waals surface area contributed by atoms with Crippen LogP contribution in [0, 0.1) is 6.92 Å². The van der Waals surface area contributed by atoms with Crippen LogP contribution in [-0.2, 0) is 4.79 Å². The van der Waals surface area contributed by atoms with Gasteiger partial charge in [0.2, 0.25) is 0 Å². The predicted molar refractivity (Wildman–Crippen MR) is 104 cm³/mol. The van der Waals surface area contributed by atoms with Crippen molar-refractivity contribution >= 4 is 34.6 Å². The number of ether oxygens (including phenoxy) is 1. The van der Waals surface area contributed by atoms with E-state index in [1.165, 1.54) is 17.3 Å². The summed E-state index contributed by atoms with van der Waals surface area (Å²) in [5.41, 5.74) is 2.91. The van der Waals surface area contributed by atoms with Crippen molar-refractivity contribution in [2.24, 2.45) is 4.99 Å². The Morgan fingerprint density at radius 1 is 1.16 bits per heavy atom. The van der Waals surface area contributed by atoms with Gasteiger partial charge in [-0.3, -0.25) is 9.69 Å². The first-order valence-electron chi connectivity index (χ1n) is 8.12. The molecule has 0 unspecified atom stereocenters. The van der Waals surface area contributed by atoms with Crippen LogP contribution in [0.15, 0.2) is 58.4 Å². The molecule has 0 aromatic heterocycles. The molecular formula is C20H20N2O2S. The normalized spacial score (nSPS) is 17.6. The summed E-state index contributed by atoms with van der Waals surface area (Å²) < 4.78 is 5.37. The number of rotatable bonds is 4. The van der Waals surface area contributed by atoms with Gasteiger partial charge < -0.3 is 4.74 Å². The number of benzene rings is 2. The molecule has 0 aliphatic carbocycles. The van der Waals surface area contributed by atoms with Crippen LogP contribution in [0.5, 0.6) is 5.75 Å². The highest BCUT2D eigenvalue weighted by atomic mass is 32.2. The molecule has 4 nitrogen and oxygen atoms in total. The number of hydrogen-bond donors (Lipinski definition) is 0. The fraction of sp³-hybridized carbons (Fsp3) is 0.200. The number of carbonyl (C=O) groups is 1. The van der Waals surface area contributed by atoms with Gasteiger partial charge in [0.15, 0.2) is 5.17 Å². The third-order valence-corrected chi connectivity index (χ3v) is 4.90. The second-order valence-electron chi connectivity index (χ2n) is 5.63. The standard InChI is InChI=1S/C20H20N2O2S/c1-4-22-19(23)18(13-15-7-5-6-8-17(15)24-3)25-20(22)21-16-11-9-14(2)10-12-16/h5-13H,4H2,1-3H3/b18-13+,21-20?. The van der Waals surface area contributed by atoms with Crippen molar-refractivity contribution in [2.75, 3.05) is 13.7 Å². The van der Waals surface area contributed by atoms with Gasteiger partial charge in [-0.1, -0.05) is 35.9 Å². The van der Waals surface area contributed by atoms with Crippen LogP contribution in [-0.4, -0.2) is 29.6 Å². The summed E-state index contributed by atoms with van der Waals surface area (Å²) in [4.78, 5) is 19.7. The number of amides is 1. The SMILES string of the molecule is CCN1C(=O)/C(=C\c2ccccc2OC)SC1=Nc1ccc(C)cc1. The average Bonchev–Trinajstić information content (AvgIpc) is 2.92. The number of methoxy groups -OCH3 is 1. The molecule has 1 aliphatic heterocycles. The van der Waals surface area contributed by atoms with E-state index in [0.29, 0.717) is 16.6 Å². The van der Waals surface area contributed by atoms with Crippen LogP contribution in [0.25, 0.3) is 6.08 Å². The van der Waals surface area contributed by atoms with Crippen LogP contribution >= 0.6 is 11.8 Å². The maximum absolute atomic E-state index is 12.7. The van der Waals surface area contributed by atoms with Gasteiger partial charge in [-0.2, -0.15) is 0 Å². The van der Waals surface area contributed by atoms with E-state index in [-0.39, 0.29) is 5.91 Å². The second-order valence-corrected chi connectivity index (χ2v) is 6.64. The first kappa shape index (κ1) is 17.3. The molecule has 1 saturated heterocycles. The third-order valence-electron chi connectivity index (χ3n) is 3.89. The molecule has 128 valence electrons. The predicted octanol–water partition coefficient (Wildman–Crippen LogP) is 4.63. The molecular weight excluding hydrogens is 332 g/mol. The van der Waals surface area contributed by atoms with E-state index in [0.717, 1.165) is 17.0 Å². The van der Waals surface area contributed by atoms with Crippen molar-refractivity contribution in [3.63, 3.8) is 0 Å². The smallest absolute Gasteiger partial charge is 0.266 e. The lowest BCUT2D eigenvalue weighted by molar-refractivity contribution is -0.122. The minimum atomic E-state index is -0.0238. The van der Waals surface area contributed by atoms with Crippen molar-refractivity contribution < 1.29 is 9.53 Å². The molecule has 1 heterocycles. The van der Waals surface area contributed by atoms with E-state index < -0.39 is 0 Å². The zero-order valence-corrected chi connectivity index (χ0v) is 15.3. The first-order valence-corrected chi connectivity index (χ1v) is 8.94. The van der Waals surface area contributed by atoms with Gasteiger partial charge in [-0.15, -0.1) is 0 Å². The number of para-hydroxylation sites is 1. The number of hydrogen-bond acceptors (Lipinski definition) is 4. The summed E-state index contributed by atoms with van der Waals surface area (Å²) >= 11 is 1.40. The maximum Gasteiger partial charge on any atom is 0.266 e. The lowest BCUT2D eigenvalue weighted by Gasteiger charge is -2.12. The van der Waals surface area contributed by atoms with Crippen LogP contribution in [0.1, 0.15) is 18.1 Å². The van der Waals surface area contributed by atoms with Crippen molar-refractivity contribution in [3.05, 3.63) is 64.6 Å². The fourth-order valence-corrected chi connectivity index (χ4v) is 3.58. The molecule has 5 heteroatoms. The Balaban J connectivity index is 1.94. The Kier molecular flexibility index (Phi) is 5.24. The van der Waals surface area contributed by atoms with Gasteiger partial charge in [-0.05, 0) is 49.9 Å². The van der Waals surface area contributed by atoms with Crippen molar-refractivity contribution in [3.8, 4) is 5.75 Å². The van der Waals surface area contributed by atoms with Gasteiger partial charge in [0.25, 0.3) is 5.91 Å². The Bertz CT molecular complexity index is 841. The molecule has 0 atom stereocenters. The molecule has 0 radical (unpaired) electrons. The van der Waals surface area contributed by atoms with Crippen molar-refractivity contribution in [1.29, 1.82) is 0 Å². The summed E-state index contributed by atoms with van der Waals surface area (Å²) in [6, 6.07) is 15.6. The quantitative estimate of drug-likeness (QED) is 0.754. The first-order chi connectivity index (χ1) is 12.1. The highest BCUT2D eigenvalue weighted by molar-refractivity contribution is 8.18. The number of nitrogens with zero attached hydrogens (tertiary/aromatic N) is 2. The molecule has 1 aliphatic rings. The molecule has 3 rings (SSSR count). The van der Waals surface area contributed by atoms with E-state index >= 15 is 0 Å². The van der Waals surface area contributed by atoms with Gasteiger partial charge in [0, 0.05) is 12.1 Å². The summed E-state index contributed by atoms with van der Waals surface area (Å²) in [5, 5.41) is 0.706. The average molecular weight is 352 g/mol. The molecule has 0 saturated carbocycles. The van der Waals surface area contributed by atoms with Crippen LogP contribution in [0.3, 0.4) is 0 Å². The van der Waals surface area contributed by atoms with E-state index in [1.54, 1.807) is 12.0 Å². The van der Waals surface area contributed by atoms with Crippen molar-refractivity contribution in [2.45, 2.75) is 13.8 Å². The second kappa shape index (κ2) is 7.57. The van der Waals surface area contributed by atoms with Gasteiger partial charge in [0.05, 0.1) is 17.7 Å². The lowest BCUT2D eigenvalue weighted by atomic mass is 10.2. The van der Waals surface area contributed by atoms with Crippen LogP contribution in [0.2, 0.25) is 0 Å². The maximum atomic E-state index is 12.7. The fourth-order valence-electron chi connectivity index (χ4n) is 2.53. The van der Waals surface area contributed by atoms with E-state index in [1.807, 2.05) is 68.5 Å². The number of likely N-dealkylation sites (N-methyl/N-ethyl adjacent to an activating group) is 1. The number of aryl methyl sites for hydroxylation is 1. The van der Waals surface area contributed by atoms with Gasteiger partial charge in [0.1, 0.15) is 5.75 Å². The number of carbonyl (C=O) groups excluding carboxylic acids is 1. The van der Waals surface area contributed by atoms with E-state index in [4.69, 9.17) is 4.74 Å². The topological polar surface area (TPSA) is 41.9 Å². The zero-order chi connectivity index (χ0) is 17.8. The lowest BCUT2D eigenvalue weighted by Crippen LogP contribution is -2.28. The minimum absolute atomic E-state index is 0.0238. The molecule has 25 heavy (non-hydrogen) atoms. The molecule has 2 aromatic rings. The van der Waals surface area contributed by atoms with E-state index in [9.17, 15) is 4.79 Å². The number of aliphatic imine (C=N–C) groups is 1. The summed E-state index contributed by atoms with van der Waals surface area (Å²) in [7, 11) is 1.63. The number of thioether (sulfide) groups is 1. The Morgan fingerprint density at radius 3 is 2.56 bits per heavy atom. The minimum Gasteiger partial charge on any atom is -0.496 e. The summed E-state index contributed by atoms with van der Waals surface area (Å²) in [6.45, 7) is 4.58. The summed E-state index contributed by atoms with van der Waals surface area (Å²) in [6.07, 6.45) is 1.87. The number of amidine groups is 1. The zero-order valence-electron chi connectivity index (χ0n) is 14.5. The molecule has 2 aromatic carbocycles. The third kappa shape index (κ3) is 3.77. The Labute approximate surface area is 152 Å². The Hall–Kier alpha value is -2.53. The highest BCUT2D eigenvalue weighted by Crippen LogP contribution is 2.35. The van der Waals surface area contributed by atoms with Crippen molar-refractivity contribution in [1.82, 2.24) is 4.90 Å². The highest BCUT2D eigenvalue weighted by Gasteiger charge is 2.32.